The van der Waals surface area contributed by atoms with E-state index in [4.69, 9.17) is 12.2 Å². The predicted octanol–water partition coefficient (Wildman–Crippen LogP) is 1.05. The van der Waals surface area contributed by atoms with Crippen LogP contribution in [0.5, 0.6) is 0 Å². The molecule has 11 heteroatoms. The number of carboxylic acids is 1. The van der Waals surface area contributed by atoms with Gasteiger partial charge in [0.15, 0.2) is 0 Å². The van der Waals surface area contributed by atoms with Gasteiger partial charge in [-0.3, -0.25) is 14.5 Å². The average Bonchev–Trinajstić information content (AvgIpc) is 3.23. The summed E-state index contributed by atoms with van der Waals surface area (Å²) in [6.45, 7) is 5.58. The molecule has 0 aromatic carbocycles. The number of carbonyl (C=O) groups is 3. The van der Waals surface area contributed by atoms with E-state index in [1.54, 1.807) is 0 Å². The van der Waals surface area contributed by atoms with Gasteiger partial charge in [0.05, 0.1) is 18.1 Å². The summed E-state index contributed by atoms with van der Waals surface area (Å²) < 4.78 is 0.700. The molecule has 2 amide bonds. The van der Waals surface area contributed by atoms with Crippen LogP contribution in [0.25, 0.3) is 0 Å². The minimum Gasteiger partial charge on any atom is -0.543 e. The largest absolute Gasteiger partial charge is 0.543 e. The number of aliphatic carboxylic acids is 1. The number of rotatable bonds is 8. The highest BCUT2D eigenvalue weighted by Gasteiger charge is 2.52. The molecule has 0 saturated carbocycles. The van der Waals surface area contributed by atoms with Gasteiger partial charge in [-0.2, -0.15) is 0 Å². The summed E-state index contributed by atoms with van der Waals surface area (Å²) in [5, 5.41) is 16.0. The topological polar surface area (TPSA) is 92.8 Å². The number of carbonyl (C=O) groups excluding carboxylic acids is 3. The van der Waals surface area contributed by atoms with Gasteiger partial charge >= 0.3 is 0 Å². The Kier molecular flexibility index (Phi) is 7.83. The Morgan fingerprint density at radius 1 is 1.40 bits per heavy atom. The summed E-state index contributed by atoms with van der Waals surface area (Å²) in [5.74, 6) is -1.21. The molecule has 3 rings (SSSR count). The Morgan fingerprint density at radius 2 is 2.13 bits per heavy atom. The lowest BCUT2D eigenvalue weighted by atomic mass is 10.0. The van der Waals surface area contributed by atoms with E-state index in [-0.39, 0.29) is 18.0 Å². The molecule has 0 aliphatic carbocycles. The van der Waals surface area contributed by atoms with Gasteiger partial charge in [0.25, 0.3) is 5.91 Å². The van der Waals surface area contributed by atoms with Crippen LogP contribution in [-0.4, -0.2) is 67.9 Å². The zero-order chi connectivity index (χ0) is 21.8. The highest BCUT2D eigenvalue weighted by Crippen LogP contribution is 2.41. The van der Waals surface area contributed by atoms with Crippen molar-refractivity contribution in [3.63, 3.8) is 0 Å². The van der Waals surface area contributed by atoms with E-state index in [0.29, 0.717) is 21.4 Å². The number of thiocarbonyl (C=S) groups is 1. The Labute approximate surface area is 193 Å². The number of thioether (sulfide) groups is 2. The molecule has 3 heterocycles. The Balaban J connectivity index is 1.66. The SMILES string of the molecule is CCN(CC)C(=S)SCC1=C(C(=O)[O-])N2C(=O)[C@@H](NC(=O)Cc3cccs3)[C@H]2SC1. The molecular formula is C19H22N3O4S4-. The number of nitrogens with one attached hydrogen (secondary N) is 1. The maximum atomic E-state index is 12.7. The van der Waals surface area contributed by atoms with E-state index >= 15 is 0 Å². The van der Waals surface area contributed by atoms with E-state index in [9.17, 15) is 19.5 Å². The first-order valence-corrected chi connectivity index (χ1v) is 12.8. The third-order valence-electron chi connectivity index (χ3n) is 4.86. The zero-order valence-corrected chi connectivity index (χ0v) is 19.8. The van der Waals surface area contributed by atoms with Crippen molar-refractivity contribution >= 4 is 69.2 Å². The number of amides is 2. The number of β-lactam (4-membered cyclic amide) rings is 1. The van der Waals surface area contributed by atoms with Crippen molar-refractivity contribution in [2.45, 2.75) is 31.7 Å². The second kappa shape index (κ2) is 10.2. The maximum absolute atomic E-state index is 12.7. The summed E-state index contributed by atoms with van der Waals surface area (Å²) in [4.78, 5) is 40.9. The quantitative estimate of drug-likeness (QED) is 0.433. The van der Waals surface area contributed by atoms with Crippen molar-refractivity contribution in [2.24, 2.45) is 0 Å². The number of nitrogens with zero attached hydrogens (tertiary/aromatic N) is 2. The number of thiophene rings is 1. The molecule has 2 aliphatic rings. The fourth-order valence-electron chi connectivity index (χ4n) is 3.30. The molecule has 30 heavy (non-hydrogen) atoms. The van der Waals surface area contributed by atoms with Crippen LogP contribution in [0.2, 0.25) is 0 Å². The van der Waals surface area contributed by atoms with Gasteiger partial charge in [0.2, 0.25) is 5.91 Å². The Hall–Kier alpha value is -1.56. The molecule has 0 radical (unpaired) electrons. The second-order valence-corrected chi connectivity index (χ2v) is 10.4. The molecule has 2 aliphatic heterocycles. The van der Waals surface area contributed by atoms with Gasteiger partial charge < -0.3 is 20.1 Å². The maximum Gasteiger partial charge on any atom is 0.253 e. The highest BCUT2D eigenvalue weighted by molar-refractivity contribution is 8.23. The van der Waals surface area contributed by atoms with Crippen molar-refractivity contribution in [1.82, 2.24) is 15.1 Å². The fraction of sp³-hybridized carbons (Fsp3) is 0.474. The Bertz CT molecular complexity index is 867. The van der Waals surface area contributed by atoms with Crippen LogP contribution < -0.4 is 10.4 Å². The molecule has 0 unspecified atom stereocenters. The molecule has 1 aromatic heterocycles. The molecule has 1 N–H and O–H groups in total. The van der Waals surface area contributed by atoms with E-state index in [1.807, 2.05) is 36.3 Å². The van der Waals surface area contributed by atoms with Gasteiger partial charge in [-0.05, 0) is 30.9 Å². The highest BCUT2D eigenvalue weighted by atomic mass is 32.2. The van der Waals surface area contributed by atoms with Crippen LogP contribution in [0.1, 0.15) is 18.7 Å². The molecule has 1 fully saturated rings. The number of hydrogen-bond donors (Lipinski definition) is 1. The first-order valence-electron chi connectivity index (χ1n) is 9.48. The monoisotopic (exact) mass is 484 g/mol. The van der Waals surface area contributed by atoms with E-state index in [0.717, 1.165) is 18.0 Å². The minimum atomic E-state index is -1.37. The van der Waals surface area contributed by atoms with Gasteiger partial charge in [-0.15, -0.1) is 23.1 Å². The molecule has 1 aromatic rings. The second-order valence-electron chi connectivity index (χ2n) is 6.68. The lowest BCUT2D eigenvalue weighted by Gasteiger charge is -2.50. The molecule has 2 atom stereocenters. The summed E-state index contributed by atoms with van der Waals surface area (Å²) in [7, 11) is 0. The lowest BCUT2D eigenvalue weighted by molar-refractivity contribution is -0.301. The van der Waals surface area contributed by atoms with Crippen molar-refractivity contribution in [2.75, 3.05) is 24.6 Å². The Morgan fingerprint density at radius 3 is 2.73 bits per heavy atom. The average molecular weight is 485 g/mol. The smallest absolute Gasteiger partial charge is 0.253 e. The van der Waals surface area contributed by atoms with Gasteiger partial charge in [0.1, 0.15) is 15.7 Å². The van der Waals surface area contributed by atoms with Crippen molar-refractivity contribution in [3.05, 3.63) is 33.7 Å². The summed E-state index contributed by atoms with van der Waals surface area (Å²) >= 11 is 9.73. The third kappa shape index (κ3) is 4.84. The number of hydrogen-bond acceptors (Lipinski definition) is 8. The van der Waals surface area contributed by atoms with Crippen LogP contribution in [0.4, 0.5) is 0 Å². The molecule has 162 valence electrons. The van der Waals surface area contributed by atoms with Crippen molar-refractivity contribution in [3.8, 4) is 0 Å². The third-order valence-corrected chi connectivity index (χ3v) is 8.69. The first kappa shape index (κ1) is 23.1. The van der Waals surface area contributed by atoms with Crippen LogP contribution in [0.3, 0.4) is 0 Å². The van der Waals surface area contributed by atoms with Crippen LogP contribution >= 0.6 is 47.1 Å². The minimum absolute atomic E-state index is 0.0812. The zero-order valence-electron chi connectivity index (χ0n) is 16.6. The molecule has 0 bridgehead atoms. The van der Waals surface area contributed by atoms with Crippen LogP contribution in [-0.2, 0) is 20.8 Å². The van der Waals surface area contributed by atoms with E-state index in [2.05, 4.69) is 5.32 Å². The molecule has 1 saturated heterocycles. The van der Waals surface area contributed by atoms with Crippen molar-refractivity contribution in [1.29, 1.82) is 0 Å². The predicted molar refractivity (Wildman–Crippen MR) is 123 cm³/mol. The lowest BCUT2D eigenvalue weighted by Crippen LogP contribution is -2.71. The van der Waals surface area contributed by atoms with Crippen LogP contribution in [0, 0.1) is 0 Å². The van der Waals surface area contributed by atoms with Gasteiger partial charge in [-0.25, -0.2) is 0 Å². The number of fused-ring (bicyclic) bond motifs is 1. The van der Waals surface area contributed by atoms with Crippen LogP contribution in [0.15, 0.2) is 28.8 Å². The number of carboxylic acid groups (broad SMARTS) is 1. The van der Waals surface area contributed by atoms with E-state index < -0.39 is 23.3 Å². The fourth-order valence-corrected chi connectivity index (χ4v) is 6.89. The standard InChI is InChI=1S/C19H23N3O4S4/c1-3-21(4-2)19(27)30-10-11-9-29-17-14(16(24)22(17)15(11)18(25)26)20-13(23)8-12-6-5-7-28-12/h5-7,14,17H,3-4,8-10H2,1-2H3,(H,20,23)(H,25,26)/p-1/t14-,17-/m1/s1. The van der Waals surface area contributed by atoms with Crippen molar-refractivity contribution < 1.29 is 19.5 Å². The van der Waals surface area contributed by atoms with Gasteiger partial charge in [-0.1, -0.05) is 30.0 Å². The normalized spacial score (nSPS) is 20.5. The molecular weight excluding hydrogens is 462 g/mol. The van der Waals surface area contributed by atoms with E-state index in [1.165, 1.54) is 39.8 Å². The summed E-state index contributed by atoms with van der Waals surface area (Å²) in [6, 6.07) is 3.00. The first-order chi connectivity index (χ1) is 14.4. The summed E-state index contributed by atoms with van der Waals surface area (Å²) in [5.41, 5.74) is 0.537. The summed E-state index contributed by atoms with van der Waals surface area (Å²) in [6.07, 6.45) is 0.201. The molecule has 0 spiro atoms. The van der Waals surface area contributed by atoms with Gasteiger partial charge in [0, 0.05) is 29.5 Å². The molecule has 7 nitrogen and oxygen atoms in total.